The summed E-state index contributed by atoms with van der Waals surface area (Å²) in [6.07, 6.45) is -0.420. The van der Waals surface area contributed by atoms with Gasteiger partial charge in [0.05, 0.1) is 5.92 Å². The molecule has 0 heterocycles. The summed E-state index contributed by atoms with van der Waals surface area (Å²) in [7, 11) is 0. The topological polar surface area (TPSA) is 74.6 Å². The van der Waals surface area contributed by atoms with Crippen LogP contribution in [-0.4, -0.2) is 22.2 Å². The Labute approximate surface area is 91.3 Å². The van der Waals surface area contributed by atoms with Crippen molar-refractivity contribution in [1.82, 2.24) is 0 Å². The first kappa shape index (κ1) is 12.2. The number of benzene rings is 1. The molecule has 1 atom stereocenters. The van der Waals surface area contributed by atoms with Gasteiger partial charge in [-0.2, -0.15) is 0 Å². The highest BCUT2D eigenvalue weighted by molar-refractivity contribution is 5.77. The SMILES string of the molecule is O=C(O)CCC(C(=O)O)c1ccccc1F. The van der Waals surface area contributed by atoms with Gasteiger partial charge in [0.25, 0.3) is 0 Å². The molecular formula is C11H11FO4. The number of carboxylic acid groups (broad SMARTS) is 2. The molecule has 0 bridgehead atoms. The van der Waals surface area contributed by atoms with E-state index in [0.717, 1.165) is 6.07 Å². The highest BCUT2D eigenvalue weighted by Gasteiger charge is 2.23. The molecule has 1 unspecified atom stereocenters. The zero-order chi connectivity index (χ0) is 12.1. The molecule has 0 aromatic heterocycles. The summed E-state index contributed by atoms with van der Waals surface area (Å²) in [6.45, 7) is 0. The minimum atomic E-state index is -1.22. The van der Waals surface area contributed by atoms with Crippen LogP contribution in [0.5, 0.6) is 0 Å². The molecule has 1 rings (SSSR count). The molecule has 0 aliphatic heterocycles. The average Bonchev–Trinajstić information content (AvgIpc) is 2.20. The molecule has 4 nitrogen and oxygen atoms in total. The molecule has 0 saturated heterocycles. The van der Waals surface area contributed by atoms with Crippen LogP contribution in [0.15, 0.2) is 24.3 Å². The van der Waals surface area contributed by atoms with Gasteiger partial charge in [-0.1, -0.05) is 18.2 Å². The van der Waals surface area contributed by atoms with Crippen molar-refractivity contribution in [2.75, 3.05) is 0 Å². The number of aliphatic carboxylic acids is 2. The van der Waals surface area contributed by atoms with Crippen LogP contribution >= 0.6 is 0 Å². The lowest BCUT2D eigenvalue weighted by Crippen LogP contribution is -2.14. The molecule has 1 aromatic carbocycles. The van der Waals surface area contributed by atoms with Gasteiger partial charge in [-0.3, -0.25) is 9.59 Å². The highest BCUT2D eigenvalue weighted by atomic mass is 19.1. The predicted octanol–water partition coefficient (Wildman–Crippen LogP) is 1.86. The van der Waals surface area contributed by atoms with Crippen molar-refractivity contribution in [3.8, 4) is 0 Å². The van der Waals surface area contributed by atoms with Gasteiger partial charge in [0.1, 0.15) is 5.82 Å². The lowest BCUT2D eigenvalue weighted by molar-refractivity contribution is -0.140. The van der Waals surface area contributed by atoms with Crippen molar-refractivity contribution in [3.63, 3.8) is 0 Å². The van der Waals surface area contributed by atoms with E-state index in [2.05, 4.69) is 0 Å². The molecule has 0 spiro atoms. The van der Waals surface area contributed by atoms with Gasteiger partial charge in [0.2, 0.25) is 0 Å². The summed E-state index contributed by atoms with van der Waals surface area (Å²) >= 11 is 0. The third-order valence-corrected chi connectivity index (χ3v) is 2.23. The van der Waals surface area contributed by atoms with Gasteiger partial charge in [0, 0.05) is 12.0 Å². The summed E-state index contributed by atoms with van der Waals surface area (Å²) in [5.41, 5.74) is 0.0243. The van der Waals surface area contributed by atoms with E-state index in [9.17, 15) is 14.0 Å². The normalized spacial score (nSPS) is 12.1. The van der Waals surface area contributed by atoms with Crippen LogP contribution < -0.4 is 0 Å². The van der Waals surface area contributed by atoms with Crippen LogP contribution in [0.3, 0.4) is 0 Å². The number of carboxylic acids is 2. The Hall–Kier alpha value is -1.91. The monoisotopic (exact) mass is 226 g/mol. The first-order chi connectivity index (χ1) is 7.52. The van der Waals surface area contributed by atoms with Crippen LogP contribution in [-0.2, 0) is 9.59 Å². The second-order valence-electron chi connectivity index (χ2n) is 3.34. The van der Waals surface area contributed by atoms with E-state index >= 15 is 0 Å². The maximum Gasteiger partial charge on any atom is 0.311 e. The summed E-state index contributed by atoms with van der Waals surface area (Å²) < 4.78 is 13.3. The lowest BCUT2D eigenvalue weighted by atomic mass is 9.94. The molecule has 0 amide bonds. The second-order valence-corrected chi connectivity index (χ2v) is 3.34. The Kier molecular flexibility index (Phi) is 3.99. The smallest absolute Gasteiger partial charge is 0.311 e. The zero-order valence-corrected chi connectivity index (χ0v) is 8.39. The summed E-state index contributed by atoms with van der Waals surface area (Å²) in [4.78, 5) is 21.3. The molecular weight excluding hydrogens is 215 g/mol. The fourth-order valence-corrected chi connectivity index (χ4v) is 1.44. The van der Waals surface area contributed by atoms with Crippen molar-refractivity contribution in [1.29, 1.82) is 0 Å². The highest BCUT2D eigenvalue weighted by Crippen LogP contribution is 2.24. The molecule has 5 heteroatoms. The Morgan fingerprint density at radius 1 is 1.25 bits per heavy atom. The molecule has 1 aromatic rings. The van der Waals surface area contributed by atoms with E-state index in [0.29, 0.717) is 0 Å². The second kappa shape index (κ2) is 5.25. The van der Waals surface area contributed by atoms with Crippen LogP contribution in [0.4, 0.5) is 4.39 Å². The van der Waals surface area contributed by atoms with E-state index < -0.39 is 23.7 Å². The van der Waals surface area contributed by atoms with E-state index in [4.69, 9.17) is 10.2 Å². The van der Waals surface area contributed by atoms with E-state index in [1.54, 1.807) is 0 Å². The standard InChI is InChI=1S/C11H11FO4/c12-9-4-2-1-3-7(9)8(11(15)16)5-6-10(13)14/h1-4,8H,5-6H2,(H,13,14)(H,15,16). The van der Waals surface area contributed by atoms with Crippen molar-refractivity contribution in [2.24, 2.45) is 0 Å². The molecule has 0 fully saturated rings. The molecule has 86 valence electrons. The van der Waals surface area contributed by atoms with Crippen LogP contribution in [0.2, 0.25) is 0 Å². The molecule has 0 aliphatic rings. The van der Waals surface area contributed by atoms with Crippen molar-refractivity contribution < 1.29 is 24.2 Å². The maximum absolute atomic E-state index is 13.3. The van der Waals surface area contributed by atoms with Crippen LogP contribution in [0, 0.1) is 5.82 Å². The maximum atomic E-state index is 13.3. The minimum Gasteiger partial charge on any atom is -0.481 e. The first-order valence-corrected chi connectivity index (χ1v) is 4.71. The number of carbonyl (C=O) groups is 2. The van der Waals surface area contributed by atoms with Gasteiger partial charge < -0.3 is 10.2 Å². The van der Waals surface area contributed by atoms with E-state index in [1.165, 1.54) is 18.2 Å². The Morgan fingerprint density at radius 3 is 2.38 bits per heavy atom. The molecule has 2 N–H and O–H groups in total. The number of hydrogen-bond donors (Lipinski definition) is 2. The number of hydrogen-bond acceptors (Lipinski definition) is 2. The number of halogens is 1. The van der Waals surface area contributed by atoms with Crippen molar-refractivity contribution in [2.45, 2.75) is 18.8 Å². The summed E-state index contributed by atoms with van der Waals surface area (Å²) in [5, 5.41) is 17.4. The van der Waals surface area contributed by atoms with Gasteiger partial charge in [-0.25, -0.2) is 4.39 Å². The molecule has 0 aliphatic carbocycles. The third kappa shape index (κ3) is 3.05. The molecule has 16 heavy (non-hydrogen) atoms. The van der Waals surface area contributed by atoms with Crippen molar-refractivity contribution >= 4 is 11.9 Å². The Bertz CT molecular complexity index is 403. The first-order valence-electron chi connectivity index (χ1n) is 4.71. The fraction of sp³-hybridized carbons (Fsp3) is 0.273. The lowest BCUT2D eigenvalue weighted by Gasteiger charge is -2.11. The average molecular weight is 226 g/mol. The predicted molar refractivity (Wildman–Crippen MR) is 53.6 cm³/mol. The third-order valence-electron chi connectivity index (χ3n) is 2.23. The minimum absolute atomic E-state index is 0.0243. The van der Waals surface area contributed by atoms with Gasteiger partial charge in [-0.15, -0.1) is 0 Å². The quantitative estimate of drug-likeness (QED) is 0.803. The van der Waals surface area contributed by atoms with Gasteiger partial charge >= 0.3 is 11.9 Å². The number of rotatable bonds is 5. The van der Waals surface area contributed by atoms with E-state index in [-0.39, 0.29) is 18.4 Å². The van der Waals surface area contributed by atoms with E-state index in [1.807, 2.05) is 0 Å². The summed E-state index contributed by atoms with van der Waals surface area (Å²) in [6, 6.07) is 5.49. The van der Waals surface area contributed by atoms with Crippen molar-refractivity contribution in [3.05, 3.63) is 35.6 Å². The van der Waals surface area contributed by atoms with Crippen LogP contribution in [0.25, 0.3) is 0 Å². The Balaban J connectivity index is 2.90. The zero-order valence-electron chi connectivity index (χ0n) is 8.39. The molecule has 0 saturated carbocycles. The largest absolute Gasteiger partial charge is 0.481 e. The Morgan fingerprint density at radius 2 is 1.88 bits per heavy atom. The van der Waals surface area contributed by atoms with Gasteiger partial charge in [0.15, 0.2) is 0 Å². The van der Waals surface area contributed by atoms with Gasteiger partial charge in [-0.05, 0) is 12.5 Å². The van der Waals surface area contributed by atoms with Crippen LogP contribution in [0.1, 0.15) is 24.3 Å². The molecule has 0 radical (unpaired) electrons. The fourth-order valence-electron chi connectivity index (χ4n) is 1.44. The summed E-state index contributed by atoms with van der Waals surface area (Å²) in [5.74, 6) is -4.05.